The molecular formula is C11H7N3O. The number of nitrogens with one attached hydrogen (secondary N) is 1. The molecule has 0 saturated carbocycles. The fraction of sp³-hybridized carbons (Fsp3) is 0. The van der Waals surface area contributed by atoms with E-state index in [2.05, 4.69) is 15.2 Å². The number of hydrogen-bond acceptors (Lipinski definition) is 3. The highest BCUT2D eigenvalue weighted by molar-refractivity contribution is 5.89. The summed E-state index contributed by atoms with van der Waals surface area (Å²) in [5.74, 6) is 0. The van der Waals surface area contributed by atoms with Crippen LogP contribution in [0.2, 0.25) is 0 Å². The molecule has 0 saturated heterocycles. The topological polar surface area (TPSA) is 58.6 Å². The Morgan fingerprint density at radius 1 is 1.13 bits per heavy atom. The fourth-order valence-electron chi connectivity index (χ4n) is 1.65. The Hall–Kier alpha value is -2.23. The van der Waals surface area contributed by atoms with Crippen molar-refractivity contribution in [1.29, 1.82) is 0 Å². The van der Waals surface area contributed by atoms with Crippen LogP contribution in [0.4, 0.5) is 0 Å². The Kier molecular flexibility index (Phi) is 1.56. The third-order valence-electron chi connectivity index (χ3n) is 2.40. The number of fused-ring (bicyclic) bond motifs is 2. The van der Waals surface area contributed by atoms with Crippen LogP contribution in [-0.2, 0) is 0 Å². The van der Waals surface area contributed by atoms with E-state index in [4.69, 9.17) is 0 Å². The monoisotopic (exact) mass is 197 g/mol. The molecule has 0 fully saturated rings. The predicted octanol–water partition coefficient (Wildman–Crippen LogP) is 1.47. The van der Waals surface area contributed by atoms with Gasteiger partial charge in [-0.05, 0) is 24.3 Å². The number of nitrogens with zero attached hydrogens (tertiary/aromatic N) is 2. The Morgan fingerprint density at radius 2 is 2.07 bits per heavy atom. The molecule has 4 nitrogen and oxygen atoms in total. The van der Waals surface area contributed by atoms with E-state index in [9.17, 15) is 4.79 Å². The molecule has 0 amide bonds. The highest BCUT2D eigenvalue weighted by Gasteiger charge is 2.02. The summed E-state index contributed by atoms with van der Waals surface area (Å²) >= 11 is 0. The standard InChI is InChI=1S/C11H7N3O/c15-11-7-2-1-5-12-9(7)3-4-10-8(11)6-13-14-10/h1-6H,(H,13,14). The molecule has 1 aromatic carbocycles. The minimum absolute atomic E-state index is 0.0353. The first kappa shape index (κ1) is 8.11. The van der Waals surface area contributed by atoms with Crippen molar-refractivity contribution in [2.24, 2.45) is 0 Å². The SMILES string of the molecule is O=c1c2cccnc2ccc2[nH]ncc12. The van der Waals surface area contributed by atoms with Gasteiger partial charge in [0.15, 0.2) is 5.43 Å². The number of aromatic nitrogens is 3. The largest absolute Gasteiger partial charge is 0.288 e. The van der Waals surface area contributed by atoms with Crippen LogP contribution in [0.1, 0.15) is 0 Å². The Labute approximate surface area is 84.6 Å². The minimum Gasteiger partial charge on any atom is -0.288 e. The predicted molar refractivity (Wildman–Crippen MR) is 57.7 cm³/mol. The molecular weight excluding hydrogens is 190 g/mol. The second kappa shape index (κ2) is 2.88. The maximum absolute atomic E-state index is 12.0. The van der Waals surface area contributed by atoms with Crippen LogP contribution in [-0.4, -0.2) is 15.2 Å². The molecule has 0 atom stereocenters. The molecule has 0 aliphatic carbocycles. The van der Waals surface area contributed by atoms with E-state index in [-0.39, 0.29) is 5.43 Å². The highest BCUT2D eigenvalue weighted by Crippen LogP contribution is 2.10. The van der Waals surface area contributed by atoms with Crippen molar-refractivity contribution in [3.8, 4) is 0 Å². The van der Waals surface area contributed by atoms with Crippen LogP contribution >= 0.6 is 0 Å². The van der Waals surface area contributed by atoms with E-state index in [0.29, 0.717) is 16.3 Å². The average molecular weight is 197 g/mol. The van der Waals surface area contributed by atoms with Crippen LogP contribution in [0.5, 0.6) is 0 Å². The zero-order valence-corrected chi connectivity index (χ0v) is 7.77. The number of pyridine rings is 1. The normalized spacial score (nSPS) is 10.9. The van der Waals surface area contributed by atoms with Gasteiger partial charge in [0.1, 0.15) is 0 Å². The van der Waals surface area contributed by atoms with Gasteiger partial charge in [0.2, 0.25) is 0 Å². The van der Waals surface area contributed by atoms with Gasteiger partial charge in [0.05, 0.1) is 22.6 Å². The zero-order chi connectivity index (χ0) is 10.3. The van der Waals surface area contributed by atoms with Gasteiger partial charge < -0.3 is 0 Å². The van der Waals surface area contributed by atoms with Gasteiger partial charge in [0.25, 0.3) is 0 Å². The summed E-state index contributed by atoms with van der Waals surface area (Å²) in [4.78, 5) is 16.2. The van der Waals surface area contributed by atoms with Crippen LogP contribution in [0, 0.1) is 0 Å². The molecule has 3 rings (SSSR count). The van der Waals surface area contributed by atoms with Crippen molar-refractivity contribution >= 4 is 21.8 Å². The first-order valence-electron chi connectivity index (χ1n) is 4.57. The van der Waals surface area contributed by atoms with Gasteiger partial charge in [0, 0.05) is 11.6 Å². The summed E-state index contributed by atoms with van der Waals surface area (Å²) in [5, 5.41) is 7.84. The van der Waals surface area contributed by atoms with Crippen LogP contribution in [0.3, 0.4) is 0 Å². The molecule has 0 aliphatic heterocycles. The number of rotatable bonds is 0. The average Bonchev–Trinajstić information content (AvgIpc) is 2.69. The molecule has 2 aromatic heterocycles. The molecule has 0 unspecified atom stereocenters. The van der Waals surface area contributed by atoms with Gasteiger partial charge in [-0.1, -0.05) is 0 Å². The third kappa shape index (κ3) is 1.11. The lowest BCUT2D eigenvalue weighted by Gasteiger charge is -1.86. The van der Waals surface area contributed by atoms with Crippen LogP contribution in [0.15, 0.2) is 41.5 Å². The first-order valence-corrected chi connectivity index (χ1v) is 4.57. The van der Waals surface area contributed by atoms with Crippen molar-refractivity contribution in [3.63, 3.8) is 0 Å². The maximum Gasteiger partial charge on any atom is 0.198 e. The third-order valence-corrected chi connectivity index (χ3v) is 2.40. The highest BCUT2D eigenvalue weighted by atomic mass is 16.1. The molecule has 4 heteroatoms. The summed E-state index contributed by atoms with van der Waals surface area (Å²) in [6, 6.07) is 7.17. The summed E-state index contributed by atoms with van der Waals surface area (Å²) < 4.78 is 0. The van der Waals surface area contributed by atoms with Crippen molar-refractivity contribution in [3.05, 3.63) is 46.9 Å². The van der Waals surface area contributed by atoms with Crippen molar-refractivity contribution in [1.82, 2.24) is 15.2 Å². The number of aromatic amines is 1. The molecule has 1 N–H and O–H groups in total. The van der Waals surface area contributed by atoms with E-state index in [1.807, 2.05) is 12.1 Å². The van der Waals surface area contributed by atoms with Crippen molar-refractivity contribution in [2.45, 2.75) is 0 Å². The lowest BCUT2D eigenvalue weighted by molar-refractivity contribution is 1.12. The molecule has 0 aliphatic rings. The summed E-state index contributed by atoms with van der Waals surface area (Å²) in [5.41, 5.74) is 1.40. The smallest absolute Gasteiger partial charge is 0.198 e. The lowest BCUT2D eigenvalue weighted by atomic mass is 10.2. The van der Waals surface area contributed by atoms with Gasteiger partial charge in [-0.15, -0.1) is 0 Å². The van der Waals surface area contributed by atoms with Crippen molar-refractivity contribution < 1.29 is 0 Å². The molecule has 3 aromatic rings. The second-order valence-corrected chi connectivity index (χ2v) is 3.30. The lowest BCUT2D eigenvalue weighted by Crippen LogP contribution is -1.97. The molecule has 15 heavy (non-hydrogen) atoms. The van der Waals surface area contributed by atoms with Gasteiger partial charge in [-0.2, -0.15) is 5.10 Å². The zero-order valence-electron chi connectivity index (χ0n) is 7.77. The van der Waals surface area contributed by atoms with E-state index in [1.165, 1.54) is 0 Å². The Morgan fingerprint density at radius 3 is 3.00 bits per heavy atom. The summed E-state index contributed by atoms with van der Waals surface area (Å²) in [7, 11) is 0. The summed E-state index contributed by atoms with van der Waals surface area (Å²) in [6.45, 7) is 0. The van der Waals surface area contributed by atoms with E-state index >= 15 is 0 Å². The van der Waals surface area contributed by atoms with E-state index in [0.717, 1.165) is 5.52 Å². The molecule has 2 heterocycles. The molecule has 72 valence electrons. The molecule has 0 spiro atoms. The number of H-pyrrole nitrogens is 1. The van der Waals surface area contributed by atoms with Gasteiger partial charge in [-0.25, -0.2) is 0 Å². The van der Waals surface area contributed by atoms with Crippen molar-refractivity contribution in [2.75, 3.05) is 0 Å². The number of hydrogen-bond donors (Lipinski definition) is 1. The first-order chi connectivity index (χ1) is 7.36. The Balaban J connectivity index is 2.71. The van der Waals surface area contributed by atoms with Gasteiger partial charge in [-0.3, -0.25) is 14.9 Å². The minimum atomic E-state index is -0.0353. The van der Waals surface area contributed by atoms with Crippen LogP contribution < -0.4 is 5.43 Å². The summed E-state index contributed by atoms with van der Waals surface area (Å²) in [6.07, 6.45) is 3.22. The van der Waals surface area contributed by atoms with Crippen LogP contribution in [0.25, 0.3) is 21.8 Å². The van der Waals surface area contributed by atoms with E-state index in [1.54, 1.807) is 24.5 Å². The molecule has 0 radical (unpaired) electrons. The maximum atomic E-state index is 12.0. The second-order valence-electron chi connectivity index (χ2n) is 3.30. The quantitative estimate of drug-likeness (QED) is 0.593. The van der Waals surface area contributed by atoms with Gasteiger partial charge >= 0.3 is 0 Å². The Bertz CT molecular complexity index is 703. The molecule has 0 bridgehead atoms. The fourth-order valence-corrected chi connectivity index (χ4v) is 1.65. The van der Waals surface area contributed by atoms with E-state index < -0.39 is 0 Å².